The summed E-state index contributed by atoms with van der Waals surface area (Å²) in [7, 11) is 0. The Morgan fingerprint density at radius 1 is 1.53 bits per heavy atom. The van der Waals surface area contributed by atoms with Crippen molar-refractivity contribution in [2.24, 2.45) is 0 Å². The van der Waals surface area contributed by atoms with Gasteiger partial charge in [-0.05, 0) is 37.6 Å². The molecule has 1 aromatic rings. The lowest BCUT2D eigenvalue weighted by atomic mass is 10.2. The van der Waals surface area contributed by atoms with E-state index in [4.69, 9.17) is 10.00 Å². The molecule has 2 atom stereocenters. The molecule has 1 unspecified atom stereocenters. The minimum Gasteiger partial charge on any atom is -0.481 e. The Kier molecular flexibility index (Phi) is 4.03. The summed E-state index contributed by atoms with van der Waals surface area (Å²) >= 11 is 0. The number of nitriles is 1. The largest absolute Gasteiger partial charge is 0.481 e. The van der Waals surface area contributed by atoms with Gasteiger partial charge in [0, 0.05) is 13.1 Å². The molecule has 1 aliphatic rings. The highest BCUT2D eigenvalue weighted by Crippen LogP contribution is 2.16. The summed E-state index contributed by atoms with van der Waals surface area (Å²) < 4.78 is 5.54. The SMILES string of the molecule is CC(Oc1ccc(C#N)cc1)C(=O)N1CC[C@H](O)C1. The zero-order valence-corrected chi connectivity index (χ0v) is 10.7. The molecular formula is C14H16N2O3. The number of β-amino-alcohol motifs (C(OH)–C–C–N with tert-alkyl or cyclic N) is 1. The molecule has 2 rings (SSSR count). The lowest BCUT2D eigenvalue weighted by molar-refractivity contribution is -0.137. The third-order valence-electron chi connectivity index (χ3n) is 3.12. The molecule has 0 spiro atoms. The number of hydrogen-bond donors (Lipinski definition) is 1. The van der Waals surface area contributed by atoms with Gasteiger partial charge >= 0.3 is 0 Å². The van der Waals surface area contributed by atoms with E-state index in [1.54, 1.807) is 36.1 Å². The average Bonchev–Trinajstić information content (AvgIpc) is 2.85. The van der Waals surface area contributed by atoms with Crippen LogP contribution >= 0.6 is 0 Å². The molecule has 0 saturated carbocycles. The number of ether oxygens (including phenoxy) is 1. The van der Waals surface area contributed by atoms with E-state index in [-0.39, 0.29) is 5.91 Å². The van der Waals surface area contributed by atoms with Crippen LogP contribution in [0.4, 0.5) is 0 Å². The molecule has 19 heavy (non-hydrogen) atoms. The highest BCUT2D eigenvalue weighted by molar-refractivity contribution is 5.81. The van der Waals surface area contributed by atoms with Crippen LogP contribution in [0.15, 0.2) is 24.3 Å². The quantitative estimate of drug-likeness (QED) is 0.877. The van der Waals surface area contributed by atoms with Gasteiger partial charge in [-0.15, -0.1) is 0 Å². The molecular weight excluding hydrogens is 244 g/mol. The molecule has 1 N–H and O–H groups in total. The second-order valence-electron chi connectivity index (χ2n) is 4.62. The Hall–Kier alpha value is -2.06. The third-order valence-corrected chi connectivity index (χ3v) is 3.12. The number of likely N-dealkylation sites (tertiary alicyclic amines) is 1. The maximum Gasteiger partial charge on any atom is 0.263 e. The van der Waals surface area contributed by atoms with Crippen molar-refractivity contribution in [1.82, 2.24) is 4.90 Å². The van der Waals surface area contributed by atoms with E-state index in [9.17, 15) is 9.90 Å². The molecule has 1 aliphatic heterocycles. The van der Waals surface area contributed by atoms with Gasteiger partial charge in [0.15, 0.2) is 6.10 Å². The fourth-order valence-electron chi connectivity index (χ4n) is 2.06. The van der Waals surface area contributed by atoms with E-state index >= 15 is 0 Å². The smallest absolute Gasteiger partial charge is 0.263 e. The summed E-state index contributed by atoms with van der Waals surface area (Å²) in [6.45, 7) is 2.63. The minimum absolute atomic E-state index is 0.124. The second kappa shape index (κ2) is 5.72. The normalized spacial score (nSPS) is 19.8. The van der Waals surface area contributed by atoms with E-state index in [1.165, 1.54) is 0 Å². The molecule has 1 heterocycles. The first-order valence-corrected chi connectivity index (χ1v) is 6.24. The molecule has 1 amide bonds. The van der Waals surface area contributed by atoms with Gasteiger partial charge in [-0.2, -0.15) is 5.26 Å². The lowest BCUT2D eigenvalue weighted by Gasteiger charge is -2.21. The molecule has 0 bridgehead atoms. The topological polar surface area (TPSA) is 73.6 Å². The third kappa shape index (κ3) is 3.24. The summed E-state index contributed by atoms with van der Waals surface area (Å²) in [5.41, 5.74) is 0.550. The number of aliphatic hydroxyl groups is 1. The van der Waals surface area contributed by atoms with Crippen molar-refractivity contribution in [3.63, 3.8) is 0 Å². The highest BCUT2D eigenvalue weighted by Gasteiger charge is 2.28. The summed E-state index contributed by atoms with van der Waals surface area (Å²) in [6, 6.07) is 8.65. The van der Waals surface area contributed by atoms with Crippen LogP contribution in [0.5, 0.6) is 5.75 Å². The number of carbonyl (C=O) groups excluding carboxylic acids is 1. The number of amides is 1. The maximum absolute atomic E-state index is 12.1. The molecule has 0 aromatic heterocycles. The standard InChI is InChI=1S/C14H16N2O3/c1-10(14(18)16-7-6-12(17)9-16)19-13-4-2-11(8-15)3-5-13/h2-5,10,12,17H,6-7,9H2,1H3/t10?,12-/m0/s1. The van der Waals surface area contributed by atoms with Gasteiger partial charge in [-0.1, -0.05) is 0 Å². The van der Waals surface area contributed by atoms with Crippen LogP contribution in [0.1, 0.15) is 18.9 Å². The summed E-state index contributed by atoms with van der Waals surface area (Å²) in [6.07, 6.45) is -0.403. The Morgan fingerprint density at radius 2 is 2.21 bits per heavy atom. The van der Waals surface area contributed by atoms with Crippen LogP contribution < -0.4 is 4.74 Å². The van der Waals surface area contributed by atoms with Gasteiger partial charge in [0.2, 0.25) is 0 Å². The summed E-state index contributed by atoms with van der Waals surface area (Å²) in [5, 5.41) is 18.1. The lowest BCUT2D eigenvalue weighted by Crippen LogP contribution is -2.39. The average molecular weight is 260 g/mol. The van der Waals surface area contributed by atoms with E-state index < -0.39 is 12.2 Å². The number of aliphatic hydroxyl groups excluding tert-OH is 1. The molecule has 5 nitrogen and oxygen atoms in total. The minimum atomic E-state index is -0.599. The van der Waals surface area contributed by atoms with E-state index in [0.717, 1.165) is 0 Å². The van der Waals surface area contributed by atoms with Gasteiger partial charge in [0.1, 0.15) is 5.75 Å². The predicted molar refractivity (Wildman–Crippen MR) is 68.5 cm³/mol. The van der Waals surface area contributed by atoms with Crippen molar-refractivity contribution in [3.8, 4) is 11.8 Å². The maximum atomic E-state index is 12.1. The molecule has 5 heteroatoms. The van der Waals surface area contributed by atoms with Crippen molar-refractivity contribution >= 4 is 5.91 Å². The second-order valence-corrected chi connectivity index (χ2v) is 4.62. The van der Waals surface area contributed by atoms with E-state index in [0.29, 0.717) is 30.8 Å². The fourth-order valence-corrected chi connectivity index (χ4v) is 2.06. The van der Waals surface area contributed by atoms with Crippen LogP contribution in [0, 0.1) is 11.3 Å². The summed E-state index contributed by atoms with van der Waals surface area (Å²) in [5.74, 6) is 0.431. The van der Waals surface area contributed by atoms with Crippen molar-refractivity contribution in [1.29, 1.82) is 5.26 Å². The molecule has 1 saturated heterocycles. The number of nitrogens with zero attached hydrogens (tertiary/aromatic N) is 2. The zero-order chi connectivity index (χ0) is 13.8. The number of rotatable bonds is 3. The van der Waals surface area contributed by atoms with Crippen LogP contribution in [0.3, 0.4) is 0 Å². The van der Waals surface area contributed by atoms with Crippen molar-refractivity contribution in [2.45, 2.75) is 25.6 Å². The molecule has 1 fully saturated rings. The molecule has 0 radical (unpaired) electrons. The highest BCUT2D eigenvalue weighted by atomic mass is 16.5. The first-order valence-electron chi connectivity index (χ1n) is 6.24. The van der Waals surface area contributed by atoms with Gasteiger partial charge in [-0.3, -0.25) is 4.79 Å². The van der Waals surface area contributed by atoms with Crippen LogP contribution in [-0.2, 0) is 4.79 Å². The Labute approximate surface area is 112 Å². The van der Waals surface area contributed by atoms with Gasteiger partial charge < -0.3 is 14.7 Å². The zero-order valence-electron chi connectivity index (χ0n) is 10.7. The van der Waals surface area contributed by atoms with Crippen molar-refractivity contribution < 1.29 is 14.6 Å². The Morgan fingerprint density at radius 3 is 2.74 bits per heavy atom. The predicted octanol–water partition coefficient (Wildman–Crippen LogP) is 0.919. The fraction of sp³-hybridized carbons (Fsp3) is 0.429. The van der Waals surface area contributed by atoms with Crippen LogP contribution in [-0.4, -0.2) is 41.2 Å². The molecule has 0 aliphatic carbocycles. The number of benzene rings is 1. The molecule has 100 valence electrons. The van der Waals surface area contributed by atoms with E-state index in [1.807, 2.05) is 6.07 Å². The summed E-state index contributed by atoms with van der Waals surface area (Å²) in [4.78, 5) is 13.7. The van der Waals surface area contributed by atoms with Crippen LogP contribution in [0.2, 0.25) is 0 Å². The first-order chi connectivity index (χ1) is 9.10. The van der Waals surface area contributed by atoms with Crippen LogP contribution in [0.25, 0.3) is 0 Å². The van der Waals surface area contributed by atoms with E-state index in [2.05, 4.69) is 0 Å². The number of hydrogen-bond acceptors (Lipinski definition) is 4. The van der Waals surface area contributed by atoms with Gasteiger partial charge in [0.05, 0.1) is 17.7 Å². The van der Waals surface area contributed by atoms with Gasteiger partial charge in [0.25, 0.3) is 5.91 Å². The van der Waals surface area contributed by atoms with Crippen molar-refractivity contribution in [2.75, 3.05) is 13.1 Å². The Balaban J connectivity index is 1.94. The molecule has 1 aromatic carbocycles. The first kappa shape index (κ1) is 13.4. The number of carbonyl (C=O) groups is 1. The Bertz CT molecular complexity index is 492. The van der Waals surface area contributed by atoms with Gasteiger partial charge in [-0.25, -0.2) is 0 Å². The monoisotopic (exact) mass is 260 g/mol. The van der Waals surface area contributed by atoms with Crippen molar-refractivity contribution in [3.05, 3.63) is 29.8 Å².